The lowest BCUT2D eigenvalue weighted by Gasteiger charge is -2.31. The van der Waals surface area contributed by atoms with E-state index in [9.17, 15) is 14.4 Å². The highest BCUT2D eigenvalue weighted by molar-refractivity contribution is 7.09. The maximum absolute atomic E-state index is 12.0. The number of nitrogens with one attached hydrogen (secondary N) is 1. The molecule has 1 aromatic heterocycles. The summed E-state index contributed by atoms with van der Waals surface area (Å²) in [7, 11) is 0. The van der Waals surface area contributed by atoms with E-state index in [2.05, 4.69) is 10.3 Å². The highest BCUT2D eigenvalue weighted by Crippen LogP contribution is 2.11. The van der Waals surface area contributed by atoms with Crippen LogP contribution in [0.15, 0.2) is 11.5 Å². The molecule has 2 N–H and O–H groups in total. The number of carboxylic acids is 1. The molecule has 0 aromatic carbocycles. The SMILES string of the molecule is Cc1nc(/C=C/C(=O)N2CC(=O)NCC2C(=O)O)cs1. The maximum atomic E-state index is 12.0. The number of amides is 2. The van der Waals surface area contributed by atoms with Crippen molar-refractivity contribution in [2.75, 3.05) is 13.1 Å². The summed E-state index contributed by atoms with van der Waals surface area (Å²) in [5, 5.41) is 14.1. The van der Waals surface area contributed by atoms with Crippen LogP contribution in [-0.4, -0.2) is 51.9 Å². The van der Waals surface area contributed by atoms with Crippen LogP contribution < -0.4 is 5.32 Å². The van der Waals surface area contributed by atoms with Gasteiger partial charge in [-0.1, -0.05) is 0 Å². The van der Waals surface area contributed by atoms with Gasteiger partial charge in [-0.05, 0) is 13.0 Å². The highest BCUT2D eigenvalue weighted by atomic mass is 32.1. The van der Waals surface area contributed by atoms with Crippen LogP contribution >= 0.6 is 11.3 Å². The van der Waals surface area contributed by atoms with Gasteiger partial charge in [-0.3, -0.25) is 9.59 Å². The van der Waals surface area contributed by atoms with Gasteiger partial charge in [0, 0.05) is 18.0 Å². The van der Waals surface area contributed by atoms with E-state index in [1.165, 1.54) is 23.5 Å². The first-order valence-corrected chi connectivity index (χ1v) is 6.75. The van der Waals surface area contributed by atoms with E-state index in [4.69, 9.17) is 5.11 Å². The number of aryl methyl sites for hydroxylation is 1. The molecule has 20 heavy (non-hydrogen) atoms. The fraction of sp³-hybridized carbons (Fsp3) is 0.333. The molecule has 1 saturated heterocycles. The predicted octanol–water partition coefficient (Wildman–Crippen LogP) is -0.124. The smallest absolute Gasteiger partial charge is 0.328 e. The van der Waals surface area contributed by atoms with Gasteiger partial charge in [0.15, 0.2) is 0 Å². The molecule has 7 nitrogen and oxygen atoms in total. The molecule has 1 fully saturated rings. The molecule has 106 valence electrons. The normalized spacial score (nSPS) is 19.1. The van der Waals surface area contributed by atoms with Crippen molar-refractivity contribution < 1.29 is 19.5 Å². The largest absolute Gasteiger partial charge is 0.480 e. The van der Waals surface area contributed by atoms with Crippen molar-refractivity contribution in [3.8, 4) is 0 Å². The van der Waals surface area contributed by atoms with E-state index in [1.54, 1.807) is 5.38 Å². The minimum Gasteiger partial charge on any atom is -0.480 e. The number of piperazine rings is 1. The van der Waals surface area contributed by atoms with Crippen molar-refractivity contribution in [2.24, 2.45) is 0 Å². The number of carbonyl (C=O) groups excluding carboxylic acids is 2. The second kappa shape index (κ2) is 5.83. The number of rotatable bonds is 3. The van der Waals surface area contributed by atoms with Crippen LogP contribution in [0.5, 0.6) is 0 Å². The van der Waals surface area contributed by atoms with Crippen molar-refractivity contribution in [3.63, 3.8) is 0 Å². The predicted molar refractivity (Wildman–Crippen MR) is 72.0 cm³/mol. The molecule has 1 unspecified atom stereocenters. The lowest BCUT2D eigenvalue weighted by molar-refractivity contribution is -0.152. The van der Waals surface area contributed by atoms with Gasteiger partial charge in [0.1, 0.15) is 12.6 Å². The Bertz CT molecular complexity index is 581. The zero-order valence-electron chi connectivity index (χ0n) is 10.7. The fourth-order valence-electron chi connectivity index (χ4n) is 1.80. The molecule has 2 amide bonds. The summed E-state index contributed by atoms with van der Waals surface area (Å²) < 4.78 is 0. The van der Waals surface area contributed by atoms with E-state index in [-0.39, 0.29) is 19.0 Å². The summed E-state index contributed by atoms with van der Waals surface area (Å²) in [6.07, 6.45) is 2.75. The van der Waals surface area contributed by atoms with Crippen molar-refractivity contribution in [3.05, 3.63) is 22.2 Å². The molecule has 8 heteroatoms. The van der Waals surface area contributed by atoms with Crippen molar-refractivity contribution in [1.29, 1.82) is 0 Å². The molecule has 1 aromatic rings. The number of aromatic nitrogens is 1. The summed E-state index contributed by atoms with van der Waals surface area (Å²) >= 11 is 1.45. The number of hydrogen-bond acceptors (Lipinski definition) is 5. The third kappa shape index (κ3) is 3.21. The monoisotopic (exact) mass is 295 g/mol. The molecular weight excluding hydrogens is 282 g/mol. The summed E-state index contributed by atoms with van der Waals surface area (Å²) in [6.45, 7) is 1.51. The lowest BCUT2D eigenvalue weighted by Crippen LogP contribution is -2.59. The average molecular weight is 295 g/mol. The lowest BCUT2D eigenvalue weighted by atomic mass is 10.2. The van der Waals surface area contributed by atoms with E-state index < -0.39 is 17.9 Å². The molecule has 0 aliphatic carbocycles. The van der Waals surface area contributed by atoms with E-state index in [0.29, 0.717) is 5.69 Å². The van der Waals surface area contributed by atoms with Crippen LogP contribution in [0.2, 0.25) is 0 Å². The third-order valence-corrected chi connectivity index (χ3v) is 3.58. The average Bonchev–Trinajstić information content (AvgIpc) is 2.81. The van der Waals surface area contributed by atoms with Gasteiger partial charge in [-0.25, -0.2) is 9.78 Å². The molecule has 2 rings (SSSR count). The number of carbonyl (C=O) groups is 3. The second-order valence-electron chi connectivity index (χ2n) is 4.25. The van der Waals surface area contributed by atoms with Crippen LogP contribution in [0, 0.1) is 6.92 Å². The number of aliphatic carboxylic acids is 1. The molecule has 2 heterocycles. The van der Waals surface area contributed by atoms with E-state index in [0.717, 1.165) is 9.91 Å². The van der Waals surface area contributed by atoms with Gasteiger partial charge in [0.25, 0.3) is 0 Å². The summed E-state index contributed by atoms with van der Waals surface area (Å²) in [5.74, 6) is -2.03. The minimum atomic E-state index is -1.14. The molecule has 0 saturated carbocycles. The van der Waals surface area contributed by atoms with Gasteiger partial charge in [-0.15, -0.1) is 11.3 Å². The Hall–Kier alpha value is -2.22. The summed E-state index contributed by atoms with van der Waals surface area (Å²) in [5.41, 5.74) is 0.634. The Kier molecular flexibility index (Phi) is 4.14. The zero-order valence-corrected chi connectivity index (χ0v) is 11.5. The third-order valence-electron chi connectivity index (χ3n) is 2.78. The Balaban J connectivity index is 2.11. The highest BCUT2D eigenvalue weighted by Gasteiger charge is 2.34. The van der Waals surface area contributed by atoms with Gasteiger partial charge >= 0.3 is 5.97 Å². The van der Waals surface area contributed by atoms with Gasteiger partial charge in [0.2, 0.25) is 11.8 Å². The summed E-state index contributed by atoms with van der Waals surface area (Å²) in [6, 6.07) is -1.04. The van der Waals surface area contributed by atoms with Crippen molar-refractivity contribution >= 4 is 35.2 Å². The molecule has 0 bridgehead atoms. The van der Waals surface area contributed by atoms with Gasteiger partial charge in [0.05, 0.1) is 10.7 Å². The van der Waals surface area contributed by atoms with Gasteiger partial charge < -0.3 is 15.3 Å². The number of carboxylic acid groups (broad SMARTS) is 1. The van der Waals surface area contributed by atoms with E-state index >= 15 is 0 Å². The molecule has 1 aliphatic heterocycles. The second-order valence-corrected chi connectivity index (χ2v) is 5.31. The molecule has 1 atom stereocenters. The van der Waals surface area contributed by atoms with Gasteiger partial charge in [-0.2, -0.15) is 0 Å². The number of nitrogens with zero attached hydrogens (tertiary/aromatic N) is 2. The van der Waals surface area contributed by atoms with Crippen molar-refractivity contribution in [2.45, 2.75) is 13.0 Å². The number of thiazole rings is 1. The first-order valence-electron chi connectivity index (χ1n) is 5.87. The zero-order chi connectivity index (χ0) is 14.7. The quantitative estimate of drug-likeness (QED) is 0.757. The Morgan fingerprint density at radius 2 is 2.35 bits per heavy atom. The van der Waals surface area contributed by atoms with Crippen LogP contribution in [0.4, 0.5) is 0 Å². The number of hydrogen-bond donors (Lipinski definition) is 2. The fourth-order valence-corrected chi connectivity index (χ4v) is 2.38. The first-order chi connectivity index (χ1) is 9.47. The molecule has 0 spiro atoms. The topological polar surface area (TPSA) is 99.6 Å². The van der Waals surface area contributed by atoms with Crippen LogP contribution in [-0.2, 0) is 14.4 Å². The molecule has 0 radical (unpaired) electrons. The molecular formula is C12H13N3O4S. The van der Waals surface area contributed by atoms with Crippen LogP contribution in [0.3, 0.4) is 0 Å². The Labute approximate surface area is 118 Å². The summed E-state index contributed by atoms with van der Waals surface area (Å²) in [4.78, 5) is 39.6. The van der Waals surface area contributed by atoms with Crippen LogP contribution in [0.25, 0.3) is 6.08 Å². The standard InChI is InChI=1S/C12H13N3O4S/c1-7-14-8(6-20-7)2-3-11(17)15-5-10(16)13-4-9(15)12(18)19/h2-3,6,9H,4-5H2,1H3,(H,13,16)(H,18,19)/b3-2+. The van der Waals surface area contributed by atoms with E-state index in [1.807, 2.05) is 6.92 Å². The molecule has 1 aliphatic rings. The first kappa shape index (κ1) is 14.2. The Morgan fingerprint density at radius 3 is 2.95 bits per heavy atom. The Morgan fingerprint density at radius 1 is 1.60 bits per heavy atom. The van der Waals surface area contributed by atoms with Crippen LogP contribution in [0.1, 0.15) is 10.7 Å². The van der Waals surface area contributed by atoms with Crippen molar-refractivity contribution in [1.82, 2.24) is 15.2 Å². The maximum Gasteiger partial charge on any atom is 0.328 e. The minimum absolute atomic E-state index is 0.0798.